The second kappa shape index (κ2) is 9.56. The van der Waals surface area contributed by atoms with Gasteiger partial charge in [-0.2, -0.15) is 0 Å². The maximum atomic E-state index is 13.5. The maximum absolute atomic E-state index is 13.5. The molecule has 2 N–H and O–H groups in total. The summed E-state index contributed by atoms with van der Waals surface area (Å²) in [5.41, 5.74) is 2.41. The van der Waals surface area contributed by atoms with Crippen LogP contribution in [-0.2, 0) is 11.2 Å². The number of hydrogen-bond acceptors (Lipinski definition) is 2. The highest BCUT2D eigenvalue weighted by molar-refractivity contribution is 6.33. The van der Waals surface area contributed by atoms with E-state index in [0.29, 0.717) is 22.9 Å². The Labute approximate surface area is 187 Å². The van der Waals surface area contributed by atoms with Crippen LogP contribution < -0.4 is 5.32 Å². The molecule has 3 aromatic rings. The van der Waals surface area contributed by atoms with Gasteiger partial charge in [0.2, 0.25) is 5.91 Å². The van der Waals surface area contributed by atoms with Gasteiger partial charge in [0, 0.05) is 36.6 Å². The van der Waals surface area contributed by atoms with Gasteiger partial charge >= 0.3 is 0 Å². The van der Waals surface area contributed by atoms with Gasteiger partial charge in [-0.1, -0.05) is 55.3 Å². The number of nitrogens with one attached hydrogen (secondary N) is 2. The van der Waals surface area contributed by atoms with Crippen molar-refractivity contribution in [1.82, 2.24) is 15.2 Å². The SMILES string of the molecule is CCC1CCCN(C(=O)C(Cc2c[nH]c3ccccc23)NC(=O)c2ccccc2Cl)C1. The van der Waals surface area contributed by atoms with Gasteiger partial charge in [-0.25, -0.2) is 0 Å². The molecule has 1 aliphatic heterocycles. The van der Waals surface area contributed by atoms with E-state index < -0.39 is 6.04 Å². The Bertz CT molecular complexity index is 1080. The standard InChI is InChI=1S/C25H28ClN3O2/c1-2-17-8-7-13-29(16-17)25(31)23(28-24(30)20-10-3-5-11-21(20)26)14-18-15-27-22-12-6-4-9-19(18)22/h3-6,9-12,15,17,23,27H,2,7-8,13-14,16H2,1H3,(H,28,30). The minimum Gasteiger partial charge on any atom is -0.361 e. The summed E-state index contributed by atoms with van der Waals surface area (Å²) in [7, 11) is 0. The van der Waals surface area contributed by atoms with E-state index >= 15 is 0 Å². The summed E-state index contributed by atoms with van der Waals surface area (Å²) >= 11 is 6.23. The first kappa shape index (κ1) is 21.4. The van der Waals surface area contributed by atoms with Crippen molar-refractivity contribution in [2.45, 2.75) is 38.6 Å². The molecule has 2 heterocycles. The third-order valence-electron chi connectivity index (χ3n) is 6.23. The molecule has 2 atom stereocenters. The predicted octanol–water partition coefficient (Wildman–Crippen LogP) is 4.81. The van der Waals surface area contributed by atoms with Crippen LogP contribution >= 0.6 is 11.6 Å². The van der Waals surface area contributed by atoms with Crippen molar-refractivity contribution in [2.24, 2.45) is 5.92 Å². The number of carbonyl (C=O) groups excluding carboxylic acids is 2. The fourth-order valence-corrected chi connectivity index (χ4v) is 4.64. The smallest absolute Gasteiger partial charge is 0.253 e. The number of nitrogens with zero attached hydrogens (tertiary/aromatic N) is 1. The molecule has 0 saturated carbocycles. The van der Waals surface area contributed by atoms with Gasteiger partial charge in [0.25, 0.3) is 5.91 Å². The van der Waals surface area contributed by atoms with E-state index in [9.17, 15) is 9.59 Å². The number of H-pyrrole nitrogens is 1. The zero-order valence-corrected chi connectivity index (χ0v) is 18.5. The second-order valence-corrected chi connectivity index (χ2v) is 8.68. The Kier molecular flexibility index (Phi) is 6.62. The molecule has 0 spiro atoms. The third-order valence-corrected chi connectivity index (χ3v) is 6.56. The fraction of sp³-hybridized carbons (Fsp3) is 0.360. The van der Waals surface area contributed by atoms with Gasteiger partial charge in [0.15, 0.2) is 0 Å². The monoisotopic (exact) mass is 437 g/mol. The Morgan fingerprint density at radius 2 is 1.97 bits per heavy atom. The number of halogens is 1. The van der Waals surface area contributed by atoms with Gasteiger partial charge in [-0.3, -0.25) is 9.59 Å². The van der Waals surface area contributed by atoms with E-state index in [1.807, 2.05) is 35.4 Å². The molecule has 2 amide bonds. The summed E-state index contributed by atoms with van der Waals surface area (Å²) in [5.74, 6) is 0.169. The minimum atomic E-state index is -0.654. The van der Waals surface area contributed by atoms with E-state index in [2.05, 4.69) is 17.2 Å². The lowest BCUT2D eigenvalue weighted by Gasteiger charge is -2.35. The average molecular weight is 438 g/mol. The quantitative estimate of drug-likeness (QED) is 0.581. The van der Waals surface area contributed by atoms with Crippen LogP contribution in [0.1, 0.15) is 42.1 Å². The number of aromatic amines is 1. The fourth-order valence-electron chi connectivity index (χ4n) is 4.42. The lowest BCUT2D eigenvalue weighted by molar-refractivity contribution is -0.135. The van der Waals surface area contributed by atoms with E-state index in [0.717, 1.165) is 48.8 Å². The van der Waals surface area contributed by atoms with Crippen molar-refractivity contribution in [3.63, 3.8) is 0 Å². The number of piperidine rings is 1. The van der Waals surface area contributed by atoms with Crippen LogP contribution in [0.2, 0.25) is 5.02 Å². The molecule has 0 radical (unpaired) electrons. The molecule has 0 aliphatic carbocycles. The number of hydrogen-bond donors (Lipinski definition) is 2. The number of carbonyl (C=O) groups is 2. The van der Waals surface area contributed by atoms with Crippen LogP contribution in [0.25, 0.3) is 10.9 Å². The summed E-state index contributed by atoms with van der Waals surface area (Å²) in [4.78, 5) is 31.7. The molecule has 1 aliphatic rings. The molecule has 31 heavy (non-hydrogen) atoms. The molecule has 1 fully saturated rings. The Morgan fingerprint density at radius 1 is 1.19 bits per heavy atom. The number of rotatable bonds is 6. The molecule has 0 bridgehead atoms. The van der Waals surface area contributed by atoms with E-state index in [4.69, 9.17) is 11.6 Å². The van der Waals surface area contributed by atoms with Crippen molar-refractivity contribution in [1.29, 1.82) is 0 Å². The largest absolute Gasteiger partial charge is 0.361 e. The Morgan fingerprint density at radius 3 is 2.77 bits per heavy atom. The molecular formula is C25H28ClN3O2. The number of likely N-dealkylation sites (tertiary alicyclic amines) is 1. The summed E-state index contributed by atoms with van der Waals surface area (Å²) in [6.45, 7) is 3.66. The Hall–Kier alpha value is -2.79. The number of fused-ring (bicyclic) bond motifs is 1. The average Bonchev–Trinajstić information content (AvgIpc) is 3.21. The van der Waals surface area contributed by atoms with Crippen LogP contribution in [0.3, 0.4) is 0 Å². The van der Waals surface area contributed by atoms with E-state index in [-0.39, 0.29) is 11.8 Å². The van der Waals surface area contributed by atoms with Crippen LogP contribution in [0, 0.1) is 5.92 Å². The molecule has 6 heteroatoms. The maximum Gasteiger partial charge on any atom is 0.253 e. The van der Waals surface area contributed by atoms with Crippen molar-refractivity contribution >= 4 is 34.3 Å². The highest BCUT2D eigenvalue weighted by Crippen LogP contribution is 2.23. The number of amides is 2. The van der Waals surface area contributed by atoms with Gasteiger partial charge in [0.1, 0.15) is 6.04 Å². The second-order valence-electron chi connectivity index (χ2n) is 8.27. The molecular weight excluding hydrogens is 410 g/mol. The molecule has 162 valence electrons. The Balaban J connectivity index is 1.60. The molecule has 5 nitrogen and oxygen atoms in total. The zero-order chi connectivity index (χ0) is 21.8. The van der Waals surface area contributed by atoms with Crippen LogP contribution in [0.4, 0.5) is 0 Å². The third kappa shape index (κ3) is 4.77. The topological polar surface area (TPSA) is 65.2 Å². The highest BCUT2D eigenvalue weighted by Gasteiger charge is 2.30. The summed E-state index contributed by atoms with van der Waals surface area (Å²) in [6, 6.07) is 14.3. The van der Waals surface area contributed by atoms with E-state index in [1.54, 1.807) is 24.3 Å². The van der Waals surface area contributed by atoms with Crippen LogP contribution in [0.15, 0.2) is 54.7 Å². The van der Waals surface area contributed by atoms with Crippen LogP contribution in [-0.4, -0.2) is 40.8 Å². The lowest BCUT2D eigenvalue weighted by Crippen LogP contribution is -2.52. The van der Waals surface area contributed by atoms with Gasteiger partial charge in [-0.15, -0.1) is 0 Å². The molecule has 1 aromatic heterocycles. The van der Waals surface area contributed by atoms with Gasteiger partial charge in [-0.05, 0) is 42.5 Å². The first-order valence-electron chi connectivity index (χ1n) is 11.0. The van der Waals surface area contributed by atoms with Gasteiger partial charge in [0.05, 0.1) is 10.6 Å². The van der Waals surface area contributed by atoms with E-state index in [1.165, 1.54) is 0 Å². The first-order valence-corrected chi connectivity index (χ1v) is 11.3. The highest BCUT2D eigenvalue weighted by atomic mass is 35.5. The minimum absolute atomic E-state index is 0.0242. The first-order chi connectivity index (χ1) is 15.1. The summed E-state index contributed by atoms with van der Waals surface area (Å²) in [5, 5.41) is 4.42. The van der Waals surface area contributed by atoms with Crippen molar-refractivity contribution < 1.29 is 9.59 Å². The number of benzene rings is 2. The zero-order valence-electron chi connectivity index (χ0n) is 17.7. The van der Waals surface area contributed by atoms with Crippen molar-refractivity contribution in [3.8, 4) is 0 Å². The van der Waals surface area contributed by atoms with Gasteiger partial charge < -0.3 is 15.2 Å². The lowest BCUT2D eigenvalue weighted by atomic mass is 9.94. The number of aromatic nitrogens is 1. The predicted molar refractivity (Wildman–Crippen MR) is 124 cm³/mol. The van der Waals surface area contributed by atoms with Crippen molar-refractivity contribution in [2.75, 3.05) is 13.1 Å². The molecule has 4 rings (SSSR count). The summed E-state index contributed by atoms with van der Waals surface area (Å²) in [6.07, 6.45) is 5.56. The summed E-state index contributed by atoms with van der Waals surface area (Å²) < 4.78 is 0. The molecule has 1 saturated heterocycles. The van der Waals surface area contributed by atoms with Crippen molar-refractivity contribution in [3.05, 3.63) is 70.9 Å². The molecule has 2 aromatic carbocycles. The van der Waals surface area contributed by atoms with Crippen LogP contribution in [0.5, 0.6) is 0 Å². The number of para-hydroxylation sites is 1. The normalized spacial score (nSPS) is 17.5. The molecule has 2 unspecified atom stereocenters.